The number of unbranched alkanes of at least 4 members (excludes halogenated alkanes) is 1. The van der Waals surface area contributed by atoms with Crippen molar-refractivity contribution in [3.63, 3.8) is 0 Å². The predicted octanol–water partition coefficient (Wildman–Crippen LogP) is 8.17. The first-order valence-corrected chi connectivity index (χ1v) is 13.2. The maximum absolute atomic E-state index is 10.1. The summed E-state index contributed by atoms with van der Waals surface area (Å²) in [6.45, 7) is 0. The van der Waals surface area contributed by atoms with E-state index >= 15 is 0 Å². The van der Waals surface area contributed by atoms with E-state index in [4.69, 9.17) is 0 Å². The molecule has 156 valence electrons. The van der Waals surface area contributed by atoms with Crippen LogP contribution in [-0.4, -0.2) is 16.1 Å². The molecule has 1 atom stereocenters. The molecule has 1 aliphatic rings. The minimum atomic E-state index is 0.697. The van der Waals surface area contributed by atoms with E-state index in [-0.39, 0.29) is 0 Å². The Bertz CT molecular complexity index is 721. The summed E-state index contributed by atoms with van der Waals surface area (Å²) in [5.41, 5.74) is 4.16. The topological polar surface area (TPSA) is 20.2 Å². The Morgan fingerprint density at radius 1 is 0.828 bits per heavy atom. The fraction of sp³-hybridized carbons (Fsp3) is 0.462. The molecule has 0 radical (unpaired) electrons. The maximum atomic E-state index is 10.1. The molecule has 0 amide bonds. The summed E-state index contributed by atoms with van der Waals surface area (Å²) in [4.78, 5) is 0. The molecule has 0 heterocycles. The van der Waals surface area contributed by atoms with Crippen molar-refractivity contribution in [1.29, 1.82) is 0 Å². The van der Waals surface area contributed by atoms with Gasteiger partial charge in [0.2, 0.25) is 0 Å². The second-order valence-electron chi connectivity index (χ2n) is 7.90. The van der Waals surface area contributed by atoms with Gasteiger partial charge in [-0.3, -0.25) is 0 Å². The average molecular weight is 427 g/mol. The number of allylic oxidation sites excluding steroid dienone is 2. The van der Waals surface area contributed by atoms with Gasteiger partial charge in [-0.1, -0.05) is 67.1 Å². The maximum Gasteiger partial charge on any atom is 0.0914 e. The van der Waals surface area contributed by atoms with Gasteiger partial charge in [0.15, 0.2) is 0 Å². The van der Waals surface area contributed by atoms with E-state index in [1.54, 1.807) is 0 Å². The number of hydrogen-bond donors (Lipinski definition) is 1. The van der Waals surface area contributed by atoms with Crippen molar-refractivity contribution in [2.45, 2.75) is 68.1 Å². The number of hydrogen-bond acceptors (Lipinski definition) is 3. The minimum absolute atomic E-state index is 0.697. The van der Waals surface area contributed by atoms with E-state index < -0.39 is 0 Å². The summed E-state index contributed by atoms with van der Waals surface area (Å²) >= 11 is 4.17. The van der Waals surface area contributed by atoms with Crippen LogP contribution in [0.15, 0.2) is 72.0 Å². The van der Waals surface area contributed by atoms with Gasteiger partial charge in [-0.15, -0.1) is 0 Å². The quantitative estimate of drug-likeness (QED) is 0.258. The largest absolute Gasteiger partial charge is 0.512 e. The Morgan fingerprint density at radius 2 is 1.48 bits per heavy atom. The molecular weight excluding hydrogens is 392 g/mol. The molecule has 0 spiro atoms. The van der Waals surface area contributed by atoms with Gasteiger partial charge in [-0.2, -0.15) is 23.5 Å². The molecule has 0 aliphatic heterocycles. The SMILES string of the molecule is OC(CCCCC(CCSCc1ccccc1)SCc1ccccc1)=C1CCC1. The summed E-state index contributed by atoms with van der Waals surface area (Å²) in [6, 6.07) is 21.6. The van der Waals surface area contributed by atoms with Crippen LogP contribution in [0.2, 0.25) is 0 Å². The highest BCUT2D eigenvalue weighted by molar-refractivity contribution is 7.99. The van der Waals surface area contributed by atoms with Crippen LogP contribution in [0.5, 0.6) is 0 Å². The third-order valence-corrected chi connectivity index (χ3v) is 8.08. The first-order chi connectivity index (χ1) is 14.3. The van der Waals surface area contributed by atoms with Gasteiger partial charge in [0.1, 0.15) is 0 Å². The molecule has 1 N–H and O–H groups in total. The van der Waals surface area contributed by atoms with Crippen LogP contribution in [0, 0.1) is 0 Å². The Hall–Kier alpha value is -1.32. The highest BCUT2D eigenvalue weighted by Crippen LogP contribution is 2.31. The first-order valence-electron chi connectivity index (χ1n) is 11.0. The van der Waals surface area contributed by atoms with Crippen LogP contribution in [0.4, 0.5) is 0 Å². The van der Waals surface area contributed by atoms with Crippen LogP contribution in [-0.2, 0) is 11.5 Å². The van der Waals surface area contributed by atoms with Gasteiger partial charge in [0, 0.05) is 23.2 Å². The van der Waals surface area contributed by atoms with E-state index in [9.17, 15) is 5.11 Å². The molecule has 1 nitrogen and oxygen atoms in total. The van der Waals surface area contributed by atoms with E-state index in [1.165, 1.54) is 48.1 Å². The summed E-state index contributed by atoms with van der Waals surface area (Å²) in [6.07, 6.45) is 9.25. The van der Waals surface area contributed by atoms with Crippen LogP contribution in [0.25, 0.3) is 0 Å². The monoisotopic (exact) mass is 426 g/mol. The van der Waals surface area contributed by atoms with Crippen molar-refractivity contribution in [3.8, 4) is 0 Å². The van der Waals surface area contributed by atoms with Crippen LogP contribution >= 0.6 is 23.5 Å². The van der Waals surface area contributed by atoms with Gasteiger partial charge < -0.3 is 5.11 Å². The standard InChI is InChI=1S/C26H34OS2/c27-26(24-14-9-15-24)17-8-7-16-25(29-21-23-12-5-2-6-13-23)18-19-28-20-22-10-3-1-4-11-22/h1-6,10-13,25,27H,7-9,14-21H2. The molecular formula is C26H34OS2. The van der Waals surface area contributed by atoms with Crippen molar-refractivity contribution >= 4 is 23.5 Å². The molecule has 0 bridgehead atoms. The molecule has 3 heteroatoms. The molecule has 1 aliphatic carbocycles. The lowest BCUT2D eigenvalue weighted by Crippen LogP contribution is -2.06. The van der Waals surface area contributed by atoms with Gasteiger partial charge in [0.25, 0.3) is 0 Å². The number of rotatable bonds is 13. The number of benzene rings is 2. The molecule has 0 saturated heterocycles. The lowest BCUT2D eigenvalue weighted by molar-refractivity contribution is 0.358. The van der Waals surface area contributed by atoms with Gasteiger partial charge in [-0.05, 0) is 61.0 Å². The average Bonchev–Trinajstić information content (AvgIpc) is 2.72. The molecule has 29 heavy (non-hydrogen) atoms. The van der Waals surface area contributed by atoms with Gasteiger partial charge in [0.05, 0.1) is 5.76 Å². The minimum Gasteiger partial charge on any atom is -0.512 e. The lowest BCUT2D eigenvalue weighted by atomic mass is 9.90. The third-order valence-electron chi connectivity index (χ3n) is 5.58. The van der Waals surface area contributed by atoms with Crippen molar-refractivity contribution in [3.05, 3.63) is 83.1 Å². The van der Waals surface area contributed by atoms with Crippen LogP contribution in [0.3, 0.4) is 0 Å². The second kappa shape index (κ2) is 13.1. The Balaban J connectivity index is 1.39. The highest BCUT2D eigenvalue weighted by atomic mass is 32.2. The fourth-order valence-corrected chi connectivity index (χ4v) is 5.97. The molecule has 3 rings (SSSR count). The predicted molar refractivity (Wildman–Crippen MR) is 131 cm³/mol. The van der Waals surface area contributed by atoms with Crippen LogP contribution < -0.4 is 0 Å². The summed E-state index contributed by atoms with van der Waals surface area (Å²) < 4.78 is 0. The van der Waals surface area contributed by atoms with E-state index in [0.717, 1.165) is 37.2 Å². The van der Waals surface area contributed by atoms with Crippen molar-refractivity contribution in [2.24, 2.45) is 0 Å². The summed E-state index contributed by atoms with van der Waals surface area (Å²) in [7, 11) is 0. The zero-order valence-corrected chi connectivity index (χ0v) is 19.0. The molecule has 1 saturated carbocycles. The van der Waals surface area contributed by atoms with E-state index in [0.29, 0.717) is 11.0 Å². The fourth-order valence-electron chi connectivity index (χ4n) is 3.56. The molecule has 0 aromatic heterocycles. The summed E-state index contributed by atoms with van der Waals surface area (Å²) in [5, 5.41) is 10.8. The smallest absolute Gasteiger partial charge is 0.0914 e. The van der Waals surface area contributed by atoms with E-state index in [1.807, 2.05) is 0 Å². The molecule has 2 aromatic carbocycles. The summed E-state index contributed by atoms with van der Waals surface area (Å²) in [5.74, 6) is 4.13. The molecule has 2 aromatic rings. The molecule has 1 fully saturated rings. The zero-order valence-electron chi connectivity index (χ0n) is 17.4. The zero-order chi connectivity index (χ0) is 20.2. The van der Waals surface area contributed by atoms with Gasteiger partial charge in [-0.25, -0.2) is 0 Å². The van der Waals surface area contributed by atoms with Gasteiger partial charge >= 0.3 is 0 Å². The van der Waals surface area contributed by atoms with Crippen LogP contribution in [0.1, 0.15) is 62.5 Å². The normalized spacial score (nSPS) is 14.4. The Labute approximate surface area is 185 Å². The van der Waals surface area contributed by atoms with E-state index in [2.05, 4.69) is 84.2 Å². The van der Waals surface area contributed by atoms with Crippen molar-refractivity contribution in [1.82, 2.24) is 0 Å². The Kier molecular flexibility index (Phi) is 10.1. The first kappa shape index (κ1) is 22.4. The number of aliphatic hydroxyl groups excluding tert-OH is 1. The lowest BCUT2D eigenvalue weighted by Gasteiger charge is -2.19. The third kappa shape index (κ3) is 8.52. The number of aliphatic hydroxyl groups is 1. The number of thioether (sulfide) groups is 2. The highest BCUT2D eigenvalue weighted by Gasteiger charge is 2.14. The van der Waals surface area contributed by atoms with Crippen molar-refractivity contribution < 1.29 is 5.11 Å². The Morgan fingerprint density at radius 3 is 2.10 bits per heavy atom. The molecule has 1 unspecified atom stereocenters. The second-order valence-corrected chi connectivity index (χ2v) is 10.3. The van der Waals surface area contributed by atoms with Crippen molar-refractivity contribution in [2.75, 3.05) is 5.75 Å².